The maximum absolute atomic E-state index is 12.3. The van der Waals surface area contributed by atoms with Gasteiger partial charge in [0.25, 0.3) is 0 Å². The van der Waals surface area contributed by atoms with Crippen LogP contribution in [0.15, 0.2) is 24.4 Å². The number of ether oxygens (including phenoxy) is 2. The van der Waals surface area contributed by atoms with Gasteiger partial charge in [-0.3, -0.25) is 0 Å². The lowest BCUT2D eigenvalue weighted by molar-refractivity contribution is -0.133. The molecule has 2 atom stereocenters. The van der Waals surface area contributed by atoms with Crippen LogP contribution in [0, 0.1) is 5.41 Å². The van der Waals surface area contributed by atoms with Crippen LogP contribution in [0.1, 0.15) is 19.3 Å². The highest BCUT2D eigenvalue weighted by Gasteiger charge is 2.48. The first-order valence-corrected chi connectivity index (χ1v) is 8.22. The molecule has 6 nitrogen and oxygen atoms in total. The number of fused-ring (bicyclic) bond motifs is 1. The molecule has 3 rings (SSSR count). The Bertz CT molecular complexity index is 537. The topological polar surface area (TPSA) is 54.9 Å². The van der Waals surface area contributed by atoms with Gasteiger partial charge >= 0.3 is 6.03 Å². The van der Waals surface area contributed by atoms with E-state index in [1.54, 1.807) is 25.2 Å². The van der Waals surface area contributed by atoms with Crippen molar-refractivity contribution >= 4 is 6.03 Å². The summed E-state index contributed by atoms with van der Waals surface area (Å²) in [5.41, 5.74) is -0.139. The van der Waals surface area contributed by atoms with Crippen molar-refractivity contribution in [3.63, 3.8) is 0 Å². The van der Waals surface area contributed by atoms with Crippen LogP contribution >= 0.6 is 0 Å². The summed E-state index contributed by atoms with van der Waals surface area (Å²) >= 11 is 0. The summed E-state index contributed by atoms with van der Waals surface area (Å²) in [6.45, 7) is 2.76. The number of rotatable bonds is 3. The minimum Gasteiger partial charge on any atom is -0.477 e. The molecule has 0 aromatic carbocycles. The maximum Gasteiger partial charge on any atom is 0.319 e. The van der Waals surface area contributed by atoms with Crippen molar-refractivity contribution in [2.45, 2.75) is 25.4 Å². The Morgan fingerprint density at radius 2 is 2.39 bits per heavy atom. The fourth-order valence-corrected chi connectivity index (χ4v) is 3.60. The molecule has 2 aliphatic rings. The predicted molar refractivity (Wildman–Crippen MR) is 86.4 cm³/mol. The molecule has 2 aliphatic heterocycles. The monoisotopic (exact) mass is 319 g/mol. The van der Waals surface area contributed by atoms with Crippen molar-refractivity contribution in [1.82, 2.24) is 14.8 Å². The molecule has 2 amide bonds. The van der Waals surface area contributed by atoms with Gasteiger partial charge in [-0.05, 0) is 25.3 Å². The van der Waals surface area contributed by atoms with Crippen molar-refractivity contribution < 1.29 is 14.3 Å². The lowest BCUT2D eigenvalue weighted by atomic mass is 9.73. The third kappa shape index (κ3) is 3.42. The number of urea groups is 1. The Kier molecular flexibility index (Phi) is 4.71. The van der Waals surface area contributed by atoms with Gasteiger partial charge in [0.15, 0.2) is 0 Å². The second-order valence-corrected chi connectivity index (χ2v) is 6.67. The van der Waals surface area contributed by atoms with E-state index in [9.17, 15) is 4.79 Å². The first kappa shape index (κ1) is 16.1. The number of likely N-dealkylation sites (tertiary alicyclic amines) is 1. The number of carbonyl (C=O) groups is 1. The summed E-state index contributed by atoms with van der Waals surface area (Å²) < 4.78 is 12.0. The Hall–Kier alpha value is -1.82. The standard InChI is InChI=1S/C17H25N3O3/c1-19(2)16(21)20-10-7-14-17(12-20,8-5-11-22-14)13-23-15-6-3-4-9-18-15/h3-4,6,9,14H,5,7-8,10-13H2,1-2H3. The molecule has 126 valence electrons. The molecule has 0 N–H and O–H groups in total. The van der Waals surface area contributed by atoms with E-state index in [1.165, 1.54) is 0 Å². The Morgan fingerprint density at radius 3 is 3.13 bits per heavy atom. The lowest BCUT2D eigenvalue weighted by Gasteiger charge is -2.50. The Labute approximate surface area is 137 Å². The maximum atomic E-state index is 12.3. The van der Waals surface area contributed by atoms with Crippen molar-refractivity contribution in [2.24, 2.45) is 5.41 Å². The molecule has 1 aromatic rings. The highest BCUT2D eigenvalue weighted by atomic mass is 16.5. The number of amides is 2. The Morgan fingerprint density at radius 1 is 1.52 bits per heavy atom. The van der Waals surface area contributed by atoms with Crippen LogP contribution in [0.4, 0.5) is 4.79 Å². The quantitative estimate of drug-likeness (QED) is 0.855. The van der Waals surface area contributed by atoms with Crippen molar-refractivity contribution in [3.05, 3.63) is 24.4 Å². The second-order valence-electron chi connectivity index (χ2n) is 6.67. The average molecular weight is 319 g/mol. The largest absolute Gasteiger partial charge is 0.477 e. The second kappa shape index (κ2) is 6.74. The van der Waals surface area contributed by atoms with Crippen LogP contribution in [0.3, 0.4) is 0 Å². The van der Waals surface area contributed by atoms with Gasteiger partial charge in [0.1, 0.15) is 0 Å². The molecule has 0 saturated carbocycles. The number of piperidine rings is 1. The number of hydrogen-bond donors (Lipinski definition) is 0. The summed E-state index contributed by atoms with van der Waals surface area (Å²) in [5, 5.41) is 0. The zero-order chi connectivity index (χ0) is 16.3. The molecule has 2 unspecified atom stereocenters. The fourth-order valence-electron chi connectivity index (χ4n) is 3.60. The first-order chi connectivity index (χ1) is 11.1. The predicted octanol–water partition coefficient (Wildman–Crippen LogP) is 2.01. The van der Waals surface area contributed by atoms with Gasteiger partial charge in [0, 0.05) is 51.5 Å². The lowest BCUT2D eigenvalue weighted by Crippen LogP contribution is -2.59. The summed E-state index contributed by atoms with van der Waals surface area (Å²) in [5.74, 6) is 0.627. The smallest absolute Gasteiger partial charge is 0.319 e. The molecule has 3 heterocycles. The van der Waals surface area contributed by atoms with E-state index in [2.05, 4.69) is 4.98 Å². The van der Waals surface area contributed by atoms with E-state index >= 15 is 0 Å². The molecular weight excluding hydrogens is 294 g/mol. The van der Waals surface area contributed by atoms with E-state index in [0.29, 0.717) is 19.0 Å². The van der Waals surface area contributed by atoms with Crippen LogP contribution in [0.25, 0.3) is 0 Å². The van der Waals surface area contributed by atoms with E-state index in [1.807, 2.05) is 23.1 Å². The zero-order valence-electron chi connectivity index (χ0n) is 13.9. The van der Waals surface area contributed by atoms with Crippen LogP contribution < -0.4 is 4.74 Å². The SMILES string of the molecule is CN(C)C(=O)N1CCC2OCCCC2(COc2ccccn2)C1. The number of carbonyl (C=O) groups excluding carboxylic acids is 1. The van der Waals surface area contributed by atoms with Gasteiger partial charge < -0.3 is 19.3 Å². The molecule has 1 aromatic heterocycles. The van der Waals surface area contributed by atoms with E-state index in [-0.39, 0.29) is 17.6 Å². The summed E-state index contributed by atoms with van der Waals surface area (Å²) in [4.78, 5) is 20.1. The van der Waals surface area contributed by atoms with E-state index < -0.39 is 0 Å². The molecule has 2 fully saturated rings. The molecule has 6 heteroatoms. The normalized spacial score (nSPS) is 27.2. The van der Waals surface area contributed by atoms with Gasteiger partial charge in [-0.25, -0.2) is 9.78 Å². The highest BCUT2D eigenvalue weighted by molar-refractivity contribution is 5.74. The molecule has 0 radical (unpaired) electrons. The van der Waals surface area contributed by atoms with Crippen molar-refractivity contribution in [1.29, 1.82) is 0 Å². The minimum absolute atomic E-state index is 0.0613. The van der Waals surface area contributed by atoms with Crippen LogP contribution in [-0.2, 0) is 4.74 Å². The third-order valence-electron chi connectivity index (χ3n) is 4.79. The number of aromatic nitrogens is 1. The summed E-state index contributed by atoms with van der Waals surface area (Å²) in [6, 6.07) is 5.71. The van der Waals surface area contributed by atoms with Gasteiger partial charge in [-0.1, -0.05) is 6.07 Å². The molecule has 0 aliphatic carbocycles. The van der Waals surface area contributed by atoms with Gasteiger partial charge in [0.05, 0.1) is 12.7 Å². The van der Waals surface area contributed by atoms with Crippen LogP contribution in [0.5, 0.6) is 5.88 Å². The van der Waals surface area contributed by atoms with Crippen LogP contribution in [0.2, 0.25) is 0 Å². The summed E-state index contributed by atoms with van der Waals surface area (Å²) in [7, 11) is 3.59. The van der Waals surface area contributed by atoms with Crippen LogP contribution in [-0.4, -0.2) is 67.3 Å². The van der Waals surface area contributed by atoms with Crippen molar-refractivity contribution in [3.8, 4) is 5.88 Å². The number of hydrogen-bond acceptors (Lipinski definition) is 4. The molecule has 23 heavy (non-hydrogen) atoms. The molecular formula is C17H25N3O3. The average Bonchev–Trinajstić information content (AvgIpc) is 2.59. The van der Waals surface area contributed by atoms with E-state index in [0.717, 1.165) is 32.4 Å². The molecule has 0 bridgehead atoms. The van der Waals surface area contributed by atoms with Crippen molar-refractivity contribution in [2.75, 3.05) is 40.4 Å². The Balaban J connectivity index is 1.74. The van der Waals surface area contributed by atoms with E-state index in [4.69, 9.17) is 9.47 Å². The summed E-state index contributed by atoms with van der Waals surface area (Å²) in [6.07, 6.45) is 4.77. The number of nitrogens with zero attached hydrogens (tertiary/aromatic N) is 3. The first-order valence-electron chi connectivity index (χ1n) is 8.22. The minimum atomic E-state index is -0.139. The molecule has 0 spiro atoms. The van der Waals surface area contributed by atoms with Gasteiger partial charge in [0.2, 0.25) is 5.88 Å². The third-order valence-corrected chi connectivity index (χ3v) is 4.79. The zero-order valence-corrected chi connectivity index (χ0v) is 13.9. The van der Waals surface area contributed by atoms with Gasteiger partial charge in [-0.15, -0.1) is 0 Å². The molecule has 2 saturated heterocycles. The van der Waals surface area contributed by atoms with Gasteiger partial charge in [-0.2, -0.15) is 0 Å². The highest BCUT2D eigenvalue weighted by Crippen LogP contribution is 2.40. The fraction of sp³-hybridized carbons (Fsp3) is 0.647. The number of pyridine rings is 1.